The highest BCUT2D eigenvalue weighted by Crippen LogP contribution is 2.20. The van der Waals surface area contributed by atoms with Gasteiger partial charge in [-0.1, -0.05) is 16.8 Å². The van der Waals surface area contributed by atoms with Crippen LogP contribution in [0.3, 0.4) is 0 Å². The molecule has 0 bridgehead atoms. The minimum Gasteiger partial charge on any atom is -0.409 e. The van der Waals surface area contributed by atoms with Crippen LogP contribution < -0.4 is 5.73 Å². The molecule has 0 radical (unpaired) electrons. The van der Waals surface area contributed by atoms with Crippen LogP contribution in [0.25, 0.3) is 0 Å². The molecule has 20 heavy (non-hydrogen) atoms. The number of rotatable bonds is 5. The van der Waals surface area contributed by atoms with Gasteiger partial charge >= 0.3 is 0 Å². The van der Waals surface area contributed by atoms with E-state index in [9.17, 15) is 9.18 Å². The molecule has 1 aromatic rings. The Hall–Kier alpha value is -1.82. The van der Waals surface area contributed by atoms with Gasteiger partial charge in [0, 0.05) is 19.0 Å². The maximum atomic E-state index is 13.0. The number of nitrogens with two attached hydrogens (primary N) is 1. The molecule has 7 heteroatoms. The SMILES string of the molecule is CC(C)N(CCC(N)=NO)C(=O)c1ccc(F)cc1Cl. The van der Waals surface area contributed by atoms with Crippen molar-refractivity contribution in [1.29, 1.82) is 0 Å². The molecule has 0 aromatic heterocycles. The molecule has 0 heterocycles. The number of nitrogens with zero attached hydrogens (tertiary/aromatic N) is 2. The molecular weight excluding hydrogens is 285 g/mol. The molecule has 3 N–H and O–H groups in total. The summed E-state index contributed by atoms with van der Waals surface area (Å²) in [5, 5.41) is 11.4. The minimum atomic E-state index is -0.501. The Morgan fingerprint density at radius 1 is 1.55 bits per heavy atom. The van der Waals surface area contributed by atoms with E-state index in [1.165, 1.54) is 17.0 Å². The van der Waals surface area contributed by atoms with Gasteiger partial charge in [0.1, 0.15) is 11.7 Å². The molecular formula is C13H17ClFN3O2. The molecule has 0 aliphatic carbocycles. The van der Waals surface area contributed by atoms with Crippen molar-refractivity contribution in [2.75, 3.05) is 6.54 Å². The van der Waals surface area contributed by atoms with Crippen molar-refractivity contribution in [3.63, 3.8) is 0 Å². The number of carbonyl (C=O) groups is 1. The van der Waals surface area contributed by atoms with Gasteiger partial charge in [0.2, 0.25) is 0 Å². The van der Waals surface area contributed by atoms with Crippen molar-refractivity contribution in [2.24, 2.45) is 10.9 Å². The van der Waals surface area contributed by atoms with E-state index in [0.717, 1.165) is 6.07 Å². The van der Waals surface area contributed by atoms with Crippen LogP contribution in [0.2, 0.25) is 5.02 Å². The molecule has 0 atom stereocenters. The van der Waals surface area contributed by atoms with E-state index >= 15 is 0 Å². The highest BCUT2D eigenvalue weighted by molar-refractivity contribution is 6.33. The van der Waals surface area contributed by atoms with Gasteiger partial charge in [-0.25, -0.2) is 4.39 Å². The fourth-order valence-electron chi connectivity index (χ4n) is 1.70. The van der Waals surface area contributed by atoms with Crippen molar-refractivity contribution < 1.29 is 14.4 Å². The van der Waals surface area contributed by atoms with Crippen LogP contribution in [0.1, 0.15) is 30.6 Å². The summed E-state index contributed by atoms with van der Waals surface area (Å²) in [5.41, 5.74) is 5.62. The van der Waals surface area contributed by atoms with Crippen molar-refractivity contribution >= 4 is 23.3 Å². The van der Waals surface area contributed by atoms with Gasteiger partial charge in [0.05, 0.1) is 10.6 Å². The highest BCUT2D eigenvalue weighted by atomic mass is 35.5. The number of halogens is 2. The third-order valence-corrected chi connectivity index (χ3v) is 3.10. The molecule has 1 amide bonds. The fourth-order valence-corrected chi connectivity index (χ4v) is 1.94. The number of oxime groups is 1. The first-order valence-electron chi connectivity index (χ1n) is 6.09. The van der Waals surface area contributed by atoms with Crippen LogP contribution in [0.5, 0.6) is 0 Å². The van der Waals surface area contributed by atoms with E-state index in [1.807, 2.05) is 13.8 Å². The van der Waals surface area contributed by atoms with E-state index in [4.69, 9.17) is 22.5 Å². The summed E-state index contributed by atoms with van der Waals surface area (Å²) >= 11 is 5.89. The first-order chi connectivity index (χ1) is 9.36. The maximum Gasteiger partial charge on any atom is 0.255 e. The van der Waals surface area contributed by atoms with Gasteiger partial charge in [0.25, 0.3) is 5.91 Å². The van der Waals surface area contributed by atoms with Gasteiger partial charge in [-0.3, -0.25) is 4.79 Å². The van der Waals surface area contributed by atoms with Gasteiger partial charge < -0.3 is 15.8 Å². The second kappa shape index (κ2) is 7.09. The van der Waals surface area contributed by atoms with Crippen molar-refractivity contribution in [3.05, 3.63) is 34.6 Å². The molecule has 1 rings (SSSR count). The summed E-state index contributed by atoms with van der Waals surface area (Å²) in [6.07, 6.45) is 0.235. The molecule has 0 saturated carbocycles. The van der Waals surface area contributed by atoms with Gasteiger partial charge in [-0.05, 0) is 32.0 Å². The molecule has 5 nitrogen and oxygen atoms in total. The summed E-state index contributed by atoms with van der Waals surface area (Å²) in [6, 6.07) is 3.52. The molecule has 110 valence electrons. The Labute approximate surface area is 121 Å². The fraction of sp³-hybridized carbons (Fsp3) is 0.385. The molecule has 0 unspecified atom stereocenters. The van der Waals surface area contributed by atoms with Crippen LogP contribution in [0.4, 0.5) is 4.39 Å². The molecule has 0 spiro atoms. The van der Waals surface area contributed by atoms with Crippen molar-refractivity contribution in [1.82, 2.24) is 4.90 Å². The minimum absolute atomic E-state index is 0.0358. The lowest BCUT2D eigenvalue weighted by molar-refractivity contribution is 0.0711. The Balaban J connectivity index is 2.94. The predicted molar refractivity (Wildman–Crippen MR) is 75.6 cm³/mol. The molecule has 0 aliphatic rings. The number of hydrogen-bond donors (Lipinski definition) is 2. The summed E-state index contributed by atoms with van der Waals surface area (Å²) in [5.74, 6) is -0.788. The lowest BCUT2D eigenvalue weighted by atomic mass is 10.1. The van der Waals surface area contributed by atoms with Crippen LogP contribution in [-0.4, -0.2) is 34.4 Å². The first-order valence-corrected chi connectivity index (χ1v) is 6.47. The number of amides is 1. The third-order valence-electron chi connectivity index (χ3n) is 2.78. The second-order valence-corrected chi connectivity index (χ2v) is 4.97. The summed E-state index contributed by atoms with van der Waals surface area (Å²) in [4.78, 5) is 13.9. The van der Waals surface area contributed by atoms with Crippen LogP contribution in [0.15, 0.2) is 23.4 Å². The average Bonchev–Trinajstić information content (AvgIpc) is 2.37. The van der Waals surface area contributed by atoms with Crippen LogP contribution in [0, 0.1) is 5.82 Å². The van der Waals surface area contributed by atoms with E-state index in [0.29, 0.717) is 0 Å². The Bertz CT molecular complexity index is 520. The maximum absolute atomic E-state index is 13.0. The highest BCUT2D eigenvalue weighted by Gasteiger charge is 2.21. The van der Waals surface area contributed by atoms with E-state index in [1.54, 1.807) is 0 Å². The number of benzene rings is 1. The van der Waals surface area contributed by atoms with Gasteiger partial charge in [0.15, 0.2) is 0 Å². The van der Waals surface area contributed by atoms with Crippen LogP contribution in [-0.2, 0) is 0 Å². The number of hydrogen-bond acceptors (Lipinski definition) is 3. The molecule has 1 aromatic carbocycles. The molecule has 0 fully saturated rings. The van der Waals surface area contributed by atoms with Gasteiger partial charge in [-0.2, -0.15) is 0 Å². The van der Waals surface area contributed by atoms with Crippen molar-refractivity contribution in [2.45, 2.75) is 26.3 Å². The smallest absolute Gasteiger partial charge is 0.255 e. The Morgan fingerprint density at radius 2 is 2.20 bits per heavy atom. The third kappa shape index (κ3) is 4.09. The van der Waals surface area contributed by atoms with Gasteiger partial charge in [-0.15, -0.1) is 0 Å². The zero-order valence-electron chi connectivity index (χ0n) is 11.3. The van der Waals surface area contributed by atoms with Crippen molar-refractivity contribution in [3.8, 4) is 0 Å². The molecule has 0 aliphatic heterocycles. The second-order valence-electron chi connectivity index (χ2n) is 4.56. The summed E-state index contributed by atoms with van der Waals surface area (Å²) in [6.45, 7) is 3.95. The lowest BCUT2D eigenvalue weighted by Gasteiger charge is -2.27. The monoisotopic (exact) mass is 301 g/mol. The first kappa shape index (κ1) is 16.2. The average molecular weight is 302 g/mol. The van der Waals surface area contributed by atoms with E-state index in [-0.39, 0.29) is 41.3 Å². The lowest BCUT2D eigenvalue weighted by Crippen LogP contribution is -2.39. The standard InChI is InChI=1S/C13H17ClFN3O2/c1-8(2)18(6-5-12(16)17-20)13(19)10-4-3-9(15)7-11(10)14/h3-4,7-8,20H,5-6H2,1-2H3,(H2,16,17). The number of carbonyl (C=O) groups excluding carboxylic acids is 1. The summed E-state index contributed by atoms with van der Waals surface area (Å²) in [7, 11) is 0. The molecule has 0 saturated heterocycles. The topological polar surface area (TPSA) is 78.9 Å². The quantitative estimate of drug-likeness (QED) is 0.379. The zero-order chi connectivity index (χ0) is 15.3. The van der Waals surface area contributed by atoms with Crippen LogP contribution >= 0.6 is 11.6 Å². The van der Waals surface area contributed by atoms with E-state index < -0.39 is 5.82 Å². The normalized spacial score (nSPS) is 11.8. The van der Waals surface area contributed by atoms with E-state index in [2.05, 4.69) is 5.16 Å². The summed E-state index contributed by atoms with van der Waals surface area (Å²) < 4.78 is 13.0. The predicted octanol–water partition coefficient (Wildman–Crippen LogP) is 2.47. The Morgan fingerprint density at radius 3 is 2.70 bits per heavy atom. The Kier molecular flexibility index (Phi) is 5.76. The largest absolute Gasteiger partial charge is 0.409 e. The zero-order valence-corrected chi connectivity index (χ0v) is 12.1. The number of amidine groups is 1.